The Morgan fingerprint density at radius 1 is 1.25 bits per heavy atom. The van der Waals surface area contributed by atoms with Gasteiger partial charge in [-0.25, -0.2) is 0 Å². The number of hydrogen-bond acceptors (Lipinski definition) is 4. The summed E-state index contributed by atoms with van der Waals surface area (Å²) in [4.78, 5) is 0. The molecule has 0 aromatic heterocycles. The summed E-state index contributed by atoms with van der Waals surface area (Å²) in [5.74, 6) is 1.51. The van der Waals surface area contributed by atoms with Gasteiger partial charge in [0.25, 0.3) is 0 Å². The van der Waals surface area contributed by atoms with Crippen LogP contribution in [-0.4, -0.2) is 30.9 Å². The molecule has 0 aliphatic carbocycles. The van der Waals surface area contributed by atoms with Crippen molar-refractivity contribution in [3.05, 3.63) is 18.2 Å². The van der Waals surface area contributed by atoms with Gasteiger partial charge < -0.3 is 19.5 Å². The van der Waals surface area contributed by atoms with Crippen molar-refractivity contribution >= 4 is 12.6 Å². The van der Waals surface area contributed by atoms with E-state index in [0.717, 1.165) is 0 Å². The molecule has 0 aliphatic rings. The zero-order chi connectivity index (χ0) is 12.1. The van der Waals surface area contributed by atoms with Gasteiger partial charge in [-0.3, -0.25) is 0 Å². The van der Waals surface area contributed by atoms with Crippen LogP contribution in [0.25, 0.3) is 0 Å². The molecule has 1 aromatic rings. The van der Waals surface area contributed by atoms with Crippen LogP contribution in [0.2, 0.25) is 0 Å². The zero-order valence-electron chi connectivity index (χ0n) is 9.80. The highest BCUT2D eigenvalue weighted by Gasteiger charge is 2.14. The second kappa shape index (κ2) is 5.77. The van der Waals surface area contributed by atoms with Crippen molar-refractivity contribution in [1.82, 2.24) is 0 Å². The number of benzene rings is 1. The molecule has 2 N–H and O–H groups in total. The lowest BCUT2D eigenvalue weighted by Crippen LogP contribution is -2.29. The molecular formula is C11H17BO4. The van der Waals surface area contributed by atoms with Gasteiger partial charge in [0.15, 0.2) is 11.5 Å². The lowest BCUT2D eigenvalue weighted by Gasteiger charge is -2.13. The number of methoxy groups -OCH3 is 1. The van der Waals surface area contributed by atoms with Gasteiger partial charge in [-0.05, 0) is 23.5 Å². The standard InChI is InChI=1S/C11H17BO4/c1-8(2)7-16-11-6-9(12(13)14)4-5-10(11)15-3/h4-6,8,13-14H,7H2,1-3H3. The first-order valence-electron chi connectivity index (χ1n) is 5.21. The molecule has 0 aliphatic heterocycles. The Kier molecular flexibility index (Phi) is 4.64. The van der Waals surface area contributed by atoms with Gasteiger partial charge in [0.2, 0.25) is 0 Å². The van der Waals surface area contributed by atoms with E-state index in [4.69, 9.17) is 19.5 Å². The summed E-state index contributed by atoms with van der Waals surface area (Å²) in [7, 11) is 0.0550. The van der Waals surface area contributed by atoms with Gasteiger partial charge in [0.1, 0.15) is 0 Å². The van der Waals surface area contributed by atoms with Crippen molar-refractivity contribution in [3.8, 4) is 11.5 Å². The molecule has 4 nitrogen and oxygen atoms in total. The third-order valence-electron chi connectivity index (χ3n) is 2.06. The molecule has 0 unspecified atom stereocenters. The van der Waals surface area contributed by atoms with E-state index >= 15 is 0 Å². The quantitative estimate of drug-likeness (QED) is 0.711. The van der Waals surface area contributed by atoms with Crippen LogP contribution in [0.4, 0.5) is 0 Å². The molecule has 0 saturated carbocycles. The van der Waals surface area contributed by atoms with Crippen LogP contribution in [0.1, 0.15) is 13.8 Å². The molecule has 88 valence electrons. The molecule has 0 bridgehead atoms. The minimum absolute atomic E-state index is 0.388. The first-order valence-corrected chi connectivity index (χ1v) is 5.21. The van der Waals surface area contributed by atoms with E-state index in [-0.39, 0.29) is 0 Å². The molecule has 0 atom stereocenters. The van der Waals surface area contributed by atoms with E-state index in [1.54, 1.807) is 25.3 Å². The van der Waals surface area contributed by atoms with E-state index in [9.17, 15) is 0 Å². The van der Waals surface area contributed by atoms with E-state index in [0.29, 0.717) is 29.5 Å². The molecule has 1 rings (SSSR count). The van der Waals surface area contributed by atoms with Gasteiger partial charge in [-0.1, -0.05) is 19.9 Å². The maximum absolute atomic E-state index is 9.05. The average Bonchev–Trinajstić information content (AvgIpc) is 2.25. The average molecular weight is 224 g/mol. The van der Waals surface area contributed by atoms with Gasteiger partial charge >= 0.3 is 7.12 Å². The summed E-state index contributed by atoms with van der Waals surface area (Å²) in [6.45, 7) is 4.63. The zero-order valence-corrected chi connectivity index (χ0v) is 9.80. The van der Waals surface area contributed by atoms with E-state index in [1.807, 2.05) is 13.8 Å². The smallest absolute Gasteiger partial charge is 0.488 e. The summed E-state index contributed by atoms with van der Waals surface area (Å²) in [6, 6.07) is 4.82. The van der Waals surface area contributed by atoms with Crippen LogP contribution >= 0.6 is 0 Å². The first kappa shape index (κ1) is 12.9. The van der Waals surface area contributed by atoms with Crippen molar-refractivity contribution in [1.29, 1.82) is 0 Å². The van der Waals surface area contributed by atoms with E-state index in [2.05, 4.69) is 0 Å². The lowest BCUT2D eigenvalue weighted by atomic mass is 9.80. The molecule has 0 amide bonds. The van der Waals surface area contributed by atoms with Crippen LogP contribution in [-0.2, 0) is 0 Å². The largest absolute Gasteiger partial charge is 0.493 e. The van der Waals surface area contributed by atoms with Crippen LogP contribution in [0, 0.1) is 5.92 Å². The maximum Gasteiger partial charge on any atom is 0.488 e. The second-order valence-corrected chi connectivity index (χ2v) is 3.99. The Bertz CT molecular complexity index is 339. The number of hydrogen-bond donors (Lipinski definition) is 2. The Morgan fingerprint density at radius 2 is 1.94 bits per heavy atom. The fourth-order valence-electron chi connectivity index (χ4n) is 1.22. The minimum Gasteiger partial charge on any atom is -0.493 e. The van der Waals surface area contributed by atoms with Gasteiger partial charge in [-0.15, -0.1) is 0 Å². The maximum atomic E-state index is 9.05. The summed E-state index contributed by atoms with van der Waals surface area (Å²) in [6.07, 6.45) is 0. The Labute approximate surface area is 96.0 Å². The topological polar surface area (TPSA) is 58.9 Å². The SMILES string of the molecule is COc1ccc(B(O)O)cc1OCC(C)C. The summed E-state index contributed by atoms with van der Waals surface area (Å²) < 4.78 is 10.7. The fourth-order valence-corrected chi connectivity index (χ4v) is 1.22. The van der Waals surface area contributed by atoms with Gasteiger partial charge in [0, 0.05) is 0 Å². The summed E-state index contributed by atoms with van der Waals surface area (Å²) >= 11 is 0. The lowest BCUT2D eigenvalue weighted by molar-refractivity contribution is 0.257. The fraction of sp³-hybridized carbons (Fsp3) is 0.455. The summed E-state index contributed by atoms with van der Waals surface area (Å²) in [5.41, 5.74) is 0.388. The van der Waals surface area contributed by atoms with Crippen molar-refractivity contribution in [2.45, 2.75) is 13.8 Å². The van der Waals surface area contributed by atoms with Crippen LogP contribution in [0.15, 0.2) is 18.2 Å². The molecule has 0 heterocycles. The Hall–Kier alpha value is -1.20. The molecule has 16 heavy (non-hydrogen) atoms. The molecule has 1 aromatic carbocycles. The minimum atomic E-state index is -1.49. The molecule has 0 fully saturated rings. The van der Waals surface area contributed by atoms with Crippen molar-refractivity contribution in [2.75, 3.05) is 13.7 Å². The van der Waals surface area contributed by atoms with Crippen molar-refractivity contribution in [3.63, 3.8) is 0 Å². The summed E-state index contributed by atoms with van der Waals surface area (Å²) in [5, 5.41) is 18.1. The molecule has 5 heteroatoms. The highest BCUT2D eigenvalue weighted by molar-refractivity contribution is 6.58. The Morgan fingerprint density at radius 3 is 2.44 bits per heavy atom. The van der Waals surface area contributed by atoms with E-state index < -0.39 is 7.12 Å². The number of rotatable bonds is 5. The van der Waals surface area contributed by atoms with E-state index in [1.165, 1.54) is 0 Å². The third-order valence-corrected chi connectivity index (χ3v) is 2.06. The molecule has 0 radical (unpaired) electrons. The highest BCUT2D eigenvalue weighted by Crippen LogP contribution is 2.25. The molecule has 0 saturated heterocycles. The number of ether oxygens (including phenoxy) is 2. The van der Waals surface area contributed by atoms with Crippen molar-refractivity contribution in [2.24, 2.45) is 5.92 Å². The molecule has 0 spiro atoms. The van der Waals surface area contributed by atoms with Gasteiger partial charge in [0.05, 0.1) is 13.7 Å². The monoisotopic (exact) mass is 224 g/mol. The predicted molar refractivity (Wildman–Crippen MR) is 63.2 cm³/mol. The first-order chi connectivity index (χ1) is 7.54. The molecular weight excluding hydrogens is 207 g/mol. The third kappa shape index (κ3) is 3.43. The van der Waals surface area contributed by atoms with Crippen LogP contribution < -0.4 is 14.9 Å². The van der Waals surface area contributed by atoms with Crippen LogP contribution in [0.5, 0.6) is 11.5 Å². The Balaban J connectivity index is 2.88. The van der Waals surface area contributed by atoms with Crippen LogP contribution in [0.3, 0.4) is 0 Å². The van der Waals surface area contributed by atoms with Gasteiger partial charge in [-0.2, -0.15) is 0 Å². The van der Waals surface area contributed by atoms with Crippen molar-refractivity contribution < 1.29 is 19.5 Å². The second-order valence-electron chi connectivity index (χ2n) is 3.99. The highest BCUT2D eigenvalue weighted by atomic mass is 16.5. The normalized spacial score (nSPS) is 10.4. The predicted octanol–water partition coefficient (Wildman–Crippen LogP) is 0.410.